The summed E-state index contributed by atoms with van der Waals surface area (Å²) in [7, 11) is 0. The van der Waals surface area contributed by atoms with Crippen LogP contribution in [-0.2, 0) is 0 Å². The number of benzene rings is 4. The average Bonchev–Trinajstić information content (AvgIpc) is 3.13. The van der Waals surface area contributed by atoms with Crippen molar-refractivity contribution in [2.24, 2.45) is 11.5 Å². The van der Waals surface area contributed by atoms with E-state index >= 15 is 0 Å². The Kier molecular flexibility index (Phi) is 12.5. The van der Waals surface area contributed by atoms with Crippen molar-refractivity contribution in [3.8, 4) is 22.5 Å². The summed E-state index contributed by atoms with van der Waals surface area (Å²) in [5.41, 5.74) is 33.5. The lowest BCUT2D eigenvalue weighted by molar-refractivity contribution is 0.0690. The molecule has 0 radical (unpaired) electrons. The molecule has 2 heterocycles. The number of nitrogen functional groups attached to an aromatic ring is 3. The molecule has 3 amide bonds. The summed E-state index contributed by atoms with van der Waals surface area (Å²) in [5.74, 6) is -2.68. The van der Waals surface area contributed by atoms with E-state index in [4.69, 9.17) is 33.8 Å². The molecule has 0 spiro atoms. The first kappa shape index (κ1) is 38.1. The van der Waals surface area contributed by atoms with Crippen LogP contribution in [-0.4, -0.2) is 48.7 Å². The second-order valence-corrected chi connectivity index (χ2v) is 11.4. The third kappa shape index (κ3) is 10.7. The highest BCUT2D eigenvalue weighted by molar-refractivity contribution is 6.06. The van der Waals surface area contributed by atoms with Gasteiger partial charge in [-0.05, 0) is 62.4 Å². The Labute approximate surface area is 303 Å². The number of hydrogen-bond acceptors (Lipinski definition) is 11. The van der Waals surface area contributed by atoms with E-state index in [1.165, 1.54) is 24.5 Å². The quantitative estimate of drug-likeness (QED) is 0.113. The maximum absolute atomic E-state index is 12.5. The number of carbonyl (C=O) groups excluding carboxylic acids is 3. The first-order valence-electron chi connectivity index (χ1n) is 15.7. The molecule has 0 aliphatic heterocycles. The van der Waals surface area contributed by atoms with Gasteiger partial charge in [-0.15, -0.1) is 0 Å². The number of amides is 3. The Bertz CT molecular complexity index is 2240. The molecule has 0 unspecified atom stereocenters. The molecule has 4 aromatic carbocycles. The summed E-state index contributed by atoms with van der Waals surface area (Å²) in [6.07, 6.45) is 2.99. The van der Waals surface area contributed by atoms with Gasteiger partial charge in [-0.3, -0.25) is 14.4 Å². The third-order valence-electron chi connectivity index (χ3n) is 7.34. The molecule has 0 saturated carbocycles. The molecule has 0 saturated heterocycles. The summed E-state index contributed by atoms with van der Waals surface area (Å²) in [6, 6.07) is 27.9. The number of nitrogens with two attached hydrogens (primary N) is 5. The van der Waals surface area contributed by atoms with E-state index in [1.807, 2.05) is 62.4 Å². The van der Waals surface area contributed by atoms with Gasteiger partial charge >= 0.3 is 5.97 Å². The molecule has 268 valence electrons. The number of rotatable bonds is 7. The zero-order valence-electron chi connectivity index (χ0n) is 28.6. The predicted octanol–water partition coefficient (Wildman–Crippen LogP) is 4.49. The molecule has 0 aliphatic carbocycles. The molecule has 0 fully saturated rings. The molecule has 15 nitrogen and oxygen atoms in total. The van der Waals surface area contributed by atoms with Gasteiger partial charge in [0.2, 0.25) is 11.8 Å². The van der Waals surface area contributed by atoms with Crippen molar-refractivity contribution in [1.29, 1.82) is 0 Å². The Morgan fingerprint density at radius 2 is 0.962 bits per heavy atom. The number of hydrogen-bond donors (Lipinski definition) is 7. The highest BCUT2D eigenvalue weighted by Gasteiger charge is 2.16. The second-order valence-electron chi connectivity index (χ2n) is 11.4. The monoisotopic (exact) mass is 712 g/mol. The van der Waals surface area contributed by atoms with Gasteiger partial charge in [0.25, 0.3) is 5.91 Å². The molecule has 0 atom stereocenters. The maximum atomic E-state index is 12.5. The fourth-order valence-electron chi connectivity index (χ4n) is 4.40. The minimum atomic E-state index is -1.18. The van der Waals surface area contributed by atoms with Crippen LogP contribution < -0.4 is 34.0 Å². The Balaban J connectivity index is 0.000000198. The first-order valence-corrected chi connectivity index (χ1v) is 15.7. The predicted molar refractivity (Wildman–Crippen MR) is 202 cm³/mol. The van der Waals surface area contributed by atoms with Crippen molar-refractivity contribution in [2.75, 3.05) is 22.5 Å². The zero-order chi connectivity index (χ0) is 38.7. The lowest BCUT2D eigenvalue weighted by Crippen LogP contribution is -2.17. The van der Waals surface area contributed by atoms with Crippen LogP contribution in [0.15, 0.2) is 109 Å². The van der Waals surface area contributed by atoms with Crippen LogP contribution in [0.1, 0.15) is 52.8 Å². The largest absolute Gasteiger partial charge is 0.476 e. The van der Waals surface area contributed by atoms with E-state index in [2.05, 4.69) is 25.3 Å². The number of aromatic nitrogens is 4. The number of carbonyl (C=O) groups is 4. The fraction of sp³-hybridized carbons (Fsp3) is 0.0526. The van der Waals surface area contributed by atoms with Crippen LogP contribution in [0, 0.1) is 13.8 Å². The smallest absolute Gasteiger partial charge is 0.358 e. The standard InChI is InChI=1S/C19H17N5O2.C12H11N3O2.C7H8N2O/c1-11-2-4-12(5-3-11)15-10-22-17(20)16(24-15)19(26)23-14-8-6-13(7-9-14)18(21)25;1-7-2-4-8(5-3-7)9-6-14-11(13)10(15-9)12(16)17;8-6-3-1-5(2-4-6)7(9)10/h2-10H,1H3,(H2,20,22)(H2,21,25)(H,23,26);2-6H,1H3,(H2,13,14)(H,16,17);1-4H,8H2,(H2,9,10). The maximum Gasteiger partial charge on any atom is 0.358 e. The van der Waals surface area contributed by atoms with Crippen LogP contribution >= 0.6 is 0 Å². The van der Waals surface area contributed by atoms with Crippen molar-refractivity contribution >= 4 is 46.7 Å². The number of nitrogens with one attached hydrogen (secondary N) is 1. The summed E-state index contributed by atoms with van der Waals surface area (Å²) >= 11 is 0. The van der Waals surface area contributed by atoms with E-state index in [1.54, 1.807) is 36.4 Å². The number of carboxylic acids is 1. The summed E-state index contributed by atoms with van der Waals surface area (Å²) in [5, 5.41) is 11.6. The minimum absolute atomic E-state index is 0.0297. The molecular formula is C38H36N10O5. The molecule has 6 rings (SSSR count). The van der Waals surface area contributed by atoms with Crippen LogP contribution in [0.4, 0.5) is 23.0 Å². The first-order chi connectivity index (χ1) is 25.2. The number of primary amides is 2. The van der Waals surface area contributed by atoms with Crippen LogP contribution in [0.25, 0.3) is 22.5 Å². The van der Waals surface area contributed by atoms with Gasteiger partial charge in [0.1, 0.15) is 0 Å². The van der Waals surface area contributed by atoms with E-state index in [9.17, 15) is 19.2 Å². The van der Waals surface area contributed by atoms with E-state index in [0.29, 0.717) is 33.9 Å². The molecule has 0 aliphatic rings. The zero-order valence-corrected chi connectivity index (χ0v) is 28.6. The highest BCUT2D eigenvalue weighted by Crippen LogP contribution is 2.21. The molecule has 15 heteroatoms. The van der Waals surface area contributed by atoms with E-state index in [-0.39, 0.29) is 23.0 Å². The lowest BCUT2D eigenvalue weighted by atomic mass is 10.1. The summed E-state index contributed by atoms with van der Waals surface area (Å²) in [6.45, 7) is 3.96. The summed E-state index contributed by atoms with van der Waals surface area (Å²) in [4.78, 5) is 61.2. The average molecular weight is 713 g/mol. The van der Waals surface area contributed by atoms with Crippen molar-refractivity contribution < 1.29 is 24.3 Å². The molecule has 2 aromatic heterocycles. The molecule has 6 aromatic rings. The van der Waals surface area contributed by atoms with E-state index < -0.39 is 23.7 Å². The van der Waals surface area contributed by atoms with Gasteiger partial charge in [-0.2, -0.15) is 0 Å². The van der Waals surface area contributed by atoms with Crippen molar-refractivity contribution in [3.63, 3.8) is 0 Å². The van der Waals surface area contributed by atoms with Gasteiger partial charge in [0.15, 0.2) is 23.0 Å². The molecule has 0 bridgehead atoms. The number of carboxylic acid groups (broad SMARTS) is 1. The van der Waals surface area contributed by atoms with Gasteiger partial charge < -0.3 is 39.1 Å². The third-order valence-corrected chi connectivity index (χ3v) is 7.34. The van der Waals surface area contributed by atoms with Gasteiger partial charge in [0.05, 0.1) is 23.8 Å². The lowest BCUT2D eigenvalue weighted by Gasteiger charge is -2.09. The van der Waals surface area contributed by atoms with Crippen LogP contribution in [0.5, 0.6) is 0 Å². The van der Waals surface area contributed by atoms with Crippen molar-refractivity contribution in [3.05, 3.63) is 143 Å². The molecular weight excluding hydrogens is 676 g/mol. The number of aryl methyl sites for hydroxylation is 2. The van der Waals surface area contributed by atoms with Gasteiger partial charge in [0, 0.05) is 33.6 Å². The number of nitrogens with zero attached hydrogens (tertiary/aromatic N) is 4. The SMILES string of the molecule is Cc1ccc(-c2cnc(N)c(C(=O)Nc3ccc(C(N)=O)cc3)n2)cc1.Cc1ccc(-c2cnc(N)c(C(=O)O)n2)cc1.NC(=O)c1ccc(N)cc1. The topological polar surface area (TPSA) is 282 Å². The molecule has 12 N–H and O–H groups in total. The number of aromatic carboxylic acids is 1. The highest BCUT2D eigenvalue weighted by atomic mass is 16.4. The summed E-state index contributed by atoms with van der Waals surface area (Å²) < 4.78 is 0. The Morgan fingerprint density at radius 3 is 1.38 bits per heavy atom. The van der Waals surface area contributed by atoms with Gasteiger partial charge in [-0.1, -0.05) is 59.7 Å². The minimum Gasteiger partial charge on any atom is -0.476 e. The molecule has 53 heavy (non-hydrogen) atoms. The van der Waals surface area contributed by atoms with Crippen LogP contribution in [0.2, 0.25) is 0 Å². The normalized spacial score (nSPS) is 10.1. The van der Waals surface area contributed by atoms with Crippen molar-refractivity contribution in [1.82, 2.24) is 19.9 Å². The Hall–Kier alpha value is -7.68. The van der Waals surface area contributed by atoms with Crippen molar-refractivity contribution in [2.45, 2.75) is 13.8 Å². The van der Waals surface area contributed by atoms with Crippen LogP contribution in [0.3, 0.4) is 0 Å². The second kappa shape index (κ2) is 17.3. The Morgan fingerprint density at radius 1 is 0.566 bits per heavy atom. The van der Waals surface area contributed by atoms with E-state index in [0.717, 1.165) is 22.3 Å². The van der Waals surface area contributed by atoms with Gasteiger partial charge in [-0.25, -0.2) is 24.7 Å². The fourth-order valence-corrected chi connectivity index (χ4v) is 4.40. The number of anilines is 4.